The van der Waals surface area contributed by atoms with E-state index >= 15 is 0 Å². The van der Waals surface area contributed by atoms with Crippen molar-refractivity contribution in [2.75, 3.05) is 18.9 Å². The number of hydrogen-bond acceptors (Lipinski definition) is 4. The molecule has 7 heteroatoms. The van der Waals surface area contributed by atoms with Crippen LogP contribution in [-0.4, -0.2) is 32.2 Å². The van der Waals surface area contributed by atoms with Crippen molar-refractivity contribution in [2.45, 2.75) is 24.0 Å². The molecule has 124 valence electrons. The Hall–Kier alpha value is -1.70. The largest absolute Gasteiger partial charge is 0.325 e. The first-order chi connectivity index (χ1) is 10.8. The number of rotatable bonds is 6. The van der Waals surface area contributed by atoms with Crippen molar-refractivity contribution in [1.29, 1.82) is 0 Å². The molecular formula is C16H20N2O3S2. The summed E-state index contributed by atoms with van der Waals surface area (Å²) in [6.07, 6.45) is 0. The number of nitrogens with zero attached hydrogens (tertiary/aromatic N) is 1. The molecule has 1 aromatic carbocycles. The van der Waals surface area contributed by atoms with E-state index in [0.29, 0.717) is 0 Å². The number of carbonyl (C=O) groups is 1. The second-order valence-electron chi connectivity index (χ2n) is 5.48. The third-order valence-electron chi connectivity index (χ3n) is 3.38. The molecule has 0 spiro atoms. The summed E-state index contributed by atoms with van der Waals surface area (Å²) in [6, 6.07) is 10.7. The Labute approximate surface area is 141 Å². The lowest BCUT2D eigenvalue weighted by Crippen LogP contribution is -2.34. The van der Waals surface area contributed by atoms with Gasteiger partial charge in [-0.2, -0.15) is 4.31 Å². The number of carbonyl (C=O) groups excluding carboxylic acids is 1. The topological polar surface area (TPSA) is 66.5 Å². The van der Waals surface area contributed by atoms with Gasteiger partial charge in [-0.1, -0.05) is 38.1 Å². The molecule has 0 fully saturated rings. The molecule has 23 heavy (non-hydrogen) atoms. The van der Waals surface area contributed by atoms with Crippen LogP contribution in [0.15, 0.2) is 46.0 Å². The standard InChI is InChI=1S/C16H20N2O3S2/c1-12(2)13-7-4-5-8-14(13)17-15(19)11-18(3)23(20,21)16-9-6-10-22-16/h4-10,12H,11H2,1-3H3,(H,17,19). The predicted octanol–water partition coefficient (Wildman–Crippen LogP) is 3.13. The third-order valence-corrected chi connectivity index (χ3v) is 6.56. The van der Waals surface area contributed by atoms with Crippen LogP contribution in [0.2, 0.25) is 0 Å². The molecule has 0 saturated carbocycles. The van der Waals surface area contributed by atoms with Gasteiger partial charge in [0.25, 0.3) is 10.0 Å². The summed E-state index contributed by atoms with van der Waals surface area (Å²) in [4.78, 5) is 12.2. The van der Waals surface area contributed by atoms with Crippen LogP contribution in [0.25, 0.3) is 0 Å². The molecule has 0 bridgehead atoms. The lowest BCUT2D eigenvalue weighted by molar-refractivity contribution is -0.116. The first kappa shape index (κ1) is 17.7. The zero-order chi connectivity index (χ0) is 17.0. The maximum atomic E-state index is 12.3. The molecule has 0 unspecified atom stereocenters. The molecule has 0 aliphatic heterocycles. The van der Waals surface area contributed by atoms with Crippen LogP contribution in [0.3, 0.4) is 0 Å². The van der Waals surface area contributed by atoms with Gasteiger partial charge in [0.2, 0.25) is 5.91 Å². The van der Waals surface area contributed by atoms with Crippen molar-refractivity contribution in [1.82, 2.24) is 4.31 Å². The van der Waals surface area contributed by atoms with Crippen LogP contribution in [0.5, 0.6) is 0 Å². The van der Waals surface area contributed by atoms with Gasteiger partial charge in [-0.25, -0.2) is 8.42 Å². The van der Waals surface area contributed by atoms with Gasteiger partial charge in [0.1, 0.15) is 4.21 Å². The van der Waals surface area contributed by atoms with Gasteiger partial charge in [0.05, 0.1) is 6.54 Å². The van der Waals surface area contributed by atoms with Crippen LogP contribution in [-0.2, 0) is 14.8 Å². The SMILES string of the molecule is CC(C)c1ccccc1NC(=O)CN(C)S(=O)(=O)c1cccs1. The summed E-state index contributed by atoms with van der Waals surface area (Å²) in [7, 11) is -2.21. The second-order valence-corrected chi connectivity index (χ2v) is 8.70. The Bertz CT molecular complexity index is 768. The number of para-hydroxylation sites is 1. The molecule has 1 N–H and O–H groups in total. The van der Waals surface area contributed by atoms with E-state index in [1.54, 1.807) is 11.4 Å². The average molecular weight is 352 g/mol. The molecule has 0 radical (unpaired) electrons. The molecule has 0 saturated heterocycles. The minimum absolute atomic E-state index is 0.230. The smallest absolute Gasteiger partial charge is 0.252 e. The highest BCUT2D eigenvalue weighted by molar-refractivity contribution is 7.91. The number of thiophene rings is 1. The number of likely N-dealkylation sites (N-methyl/N-ethyl adjacent to an activating group) is 1. The molecule has 0 aliphatic carbocycles. The summed E-state index contributed by atoms with van der Waals surface area (Å²) in [6.45, 7) is 3.85. The summed E-state index contributed by atoms with van der Waals surface area (Å²) in [5.74, 6) is -0.0974. The Morgan fingerprint density at radius 1 is 1.22 bits per heavy atom. The van der Waals surface area contributed by atoms with Crippen molar-refractivity contribution < 1.29 is 13.2 Å². The fraction of sp³-hybridized carbons (Fsp3) is 0.312. The second kappa shape index (κ2) is 7.25. The number of nitrogens with one attached hydrogen (secondary N) is 1. The Morgan fingerprint density at radius 2 is 1.91 bits per heavy atom. The van der Waals surface area contributed by atoms with Crippen LogP contribution in [0.4, 0.5) is 5.69 Å². The van der Waals surface area contributed by atoms with Crippen molar-refractivity contribution in [3.8, 4) is 0 Å². The monoisotopic (exact) mass is 352 g/mol. The van der Waals surface area contributed by atoms with Gasteiger partial charge in [-0.05, 0) is 29.0 Å². The number of amides is 1. The molecule has 2 aromatic rings. The summed E-state index contributed by atoms with van der Waals surface area (Å²) >= 11 is 1.13. The van der Waals surface area contributed by atoms with Crippen molar-refractivity contribution >= 4 is 33.0 Å². The molecule has 1 aromatic heterocycles. The average Bonchev–Trinajstić information content (AvgIpc) is 3.02. The van der Waals surface area contributed by atoms with E-state index in [2.05, 4.69) is 5.32 Å². The molecule has 2 rings (SSSR count). The normalized spacial score (nSPS) is 11.9. The van der Waals surface area contributed by atoms with E-state index in [-0.39, 0.29) is 22.6 Å². The first-order valence-electron chi connectivity index (χ1n) is 7.21. The van der Waals surface area contributed by atoms with Crippen LogP contribution in [0, 0.1) is 0 Å². The van der Waals surface area contributed by atoms with Gasteiger partial charge < -0.3 is 5.32 Å². The molecule has 0 aliphatic rings. The highest BCUT2D eigenvalue weighted by Crippen LogP contribution is 2.24. The van der Waals surface area contributed by atoms with E-state index in [4.69, 9.17) is 0 Å². The van der Waals surface area contributed by atoms with E-state index in [1.165, 1.54) is 13.1 Å². The number of anilines is 1. The van der Waals surface area contributed by atoms with Gasteiger partial charge in [-0.15, -0.1) is 11.3 Å². The fourth-order valence-corrected chi connectivity index (χ4v) is 4.48. The lowest BCUT2D eigenvalue weighted by Gasteiger charge is -2.17. The Balaban J connectivity index is 2.09. The summed E-state index contributed by atoms with van der Waals surface area (Å²) in [5.41, 5.74) is 1.74. The zero-order valence-electron chi connectivity index (χ0n) is 13.3. The van der Waals surface area contributed by atoms with Gasteiger partial charge >= 0.3 is 0 Å². The molecule has 5 nitrogen and oxygen atoms in total. The Morgan fingerprint density at radius 3 is 2.52 bits per heavy atom. The molecule has 1 amide bonds. The maximum absolute atomic E-state index is 12.3. The van der Waals surface area contributed by atoms with Crippen molar-refractivity contribution in [2.24, 2.45) is 0 Å². The number of sulfonamides is 1. The fourth-order valence-electron chi connectivity index (χ4n) is 2.16. The molecular weight excluding hydrogens is 332 g/mol. The van der Waals surface area contributed by atoms with E-state index in [9.17, 15) is 13.2 Å². The van der Waals surface area contributed by atoms with Crippen LogP contribution >= 0.6 is 11.3 Å². The predicted molar refractivity (Wildman–Crippen MR) is 93.3 cm³/mol. The van der Waals surface area contributed by atoms with E-state index < -0.39 is 10.0 Å². The van der Waals surface area contributed by atoms with Gasteiger partial charge in [-0.3, -0.25) is 4.79 Å². The minimum atomic E-state index is -3.62. The van der Waals surface area contributed by atoms with Gasteiger partial charge in [0, 0.05) is 12.7 Å². The lowest BCUT2D eigenvalue weighted by atomic mass is 10.0. The van der Waals surface area contributed by atoms with Crippen LogP contribution in [0.1, 0.15) is 25.3 Å². The minimum Gasteiger partial charge on any atom is -0.325 e. The highest BCUT2D eigenvalue weighted by atomic mass is 32.2. The Kier molecular flexibility index (Phi) is 5.56. The van der Waals surface area contributed by atoms with Crippen molar-refractivity contribution in [3.63, 3.8) is 0 Å². The molecule has 0 atom stereocenters. The summed E-state index contributed by atoms with van der Waals surface area (Å²) < 4.78 is 25.9. The first-order valence-corrected chi connectivity index (χ1v) is 9.53. The van der Waals surface area contributed by atoms with Crippen LogP contribution < -0.4 is 5.32 Å². The van der Waals surface area contributed by atoms with Gasteiger partial charge in [0.15, 0.2) is 0 Å². The van der Waals surface area contributed by atoms with E-state index in [1.807, 2.05) is 38.1 Å². The highest BCUT2D eigenvalue weighted by Gasteiger charge is 2.24. The maximum Gasteiger partial charge on any atom is 0.252 e. The molecule has 1 heterocycles. The number of hydrogen-bond donors (Lipinski definition) is 1. The summed E-state index contributed by atoms with van der Waals surface area (Å²) in [5, 5.41) is 4.49. The van der Waals surface area contributed by atoms with E-state index in [0.717, 1.165) is 26.9 Å². The third kappa shape index (κ3) is 4.19. The number of benzene rings is 1. The zero-order valence-corrected chi connectivity index (χ0v) is 14.9. The quantitative estimate of drug-likeness (QED) is 0.868. The van der Waals surface area contributed by atoms with Crippen molar-refractivity contribution in [3.05, 3.63) is 47.3 Å².